The number of carbonyl (C=O) groups is 2. The number of rotatable bonds is 1. The van der Waals surface area contributed by atoms with E-state index in [4.69, 9.17) is 0 Å². The quantitative estimate of drug-likeness (QED) is 0.700. The minimum absolute atomic E-state index is 0.213. The van der Waals surface area contributed by atoms with Crippen molar-refractivity contribution in [1.82, 2.24) is 10.2 Å². The lowest BCUT2D eigenvalue weighted by molar-refractivity contribution is 0.0926. The van der Waals surface area contributed by atoms with E-state index in [1.165, 1.54) is 4.90 Å². The summed E-state index contributed by atoms with van der Waals surface area (Å²) < 4.78 is 0. The fourth-order valence-corrected chi connectivity index (χ4v) is 3.48. The summed E-state index contributed by atoms with van der Waals surface area (Å²) in [6.45, 7) is 0. The molecule has 3 aromatic rings. The lowest BCUT2D eigenvalue weighted by Crippen LogP contribution is -2.29. The molecule has 6 rings (SSSR count). The highest BCUT2D eigenvalue weighted by molar-refractivity contribution is 6.35. The second-order valence-corrected chi connectivity index (χ2v) is 5.72. The van der Waals surface area contributed by atoms with E-state index in [-0.39, 0.29) is 11.8 Å². The Morgan fingerprint density at radius 3 is 2.27 bits per heavy atom. The van der Waals surface area contributed by atoms with Crippen molar-refractivity contribution >= 4 is 28.4 Å². The van der Waals surface area contributed by atoms with Gasteiger partial charge in [-0.1, -0.05) is 12.1 Å². The van der Waals surface area contributed by atoms with Crippen molar-refractivity contribution in [3.63, 3.8) is 0 Å². The molecule has 0 unspecified atom stereocenters. The number of anilines is 1. The number of amides is 2. The molecule has 1 N–H and O–H groups in total. The molecule has 2 amide bonds. The third-order valence-electron chi connectivity index (χ3n) is 4.56. The Labute approximate surface area is 125 Å². The topological polar surface area (TPSA) is 66.1 Å². The Kier molecular flexibility index (Phi) is 2.03. The standard InChI is InChI=1S/C17H11N3O2/c21-16-14-9-1-2-10(4-3-9)15(14)17(22)20(16)12-6-5-11-8-18-19-13(11)7-12/h1-2,5-8H,3-4H2,(H,18,19). The SMILES string of the molecule is O=C1c2c3ccc(c2C(=O)N1c1ccc2cn[nH]c2c1)CC3. The molecular weight excluding hydrogens is 278 g/mol. The molecule has 3 aliphatic rings. The predicted octanol–water partition coefficient (Wildman–Crippen LogP) is 2.46. The van der Waals surface area contributed by atoms with Gasteiger partial charge in [-0.05, 0) is 42.2 Å². The molecule has 0 fully saturated rings. The molecule has 2 aromatic carbocycles. The van der Waals surface area contributed by atoms with Gasteiger partial charge in [-0.15, -0.1) is 0 Å². The summed E-state index contributed by atoms with van der Waals surface area (Å²) in [6.07, 6.45) is 3.40. The van der Waals surface area contributed by atoms with Gasteiger partial charge in [0, 0.05) is 5.39 Å². The van der Waals surface area contributed by atoms with Crippen LogP contribution in [0.3, 0.4) is 0 Å². The van der Waals surface area contributed by atoms with Crippen LogP contribution in [0.5, 0.6) is 0 Å². The van der Waals surface area contributed by atoms with Crippen LogP contribution in [0.25, 0.3) is 10.9 Å². The van der Waals surface area contributed by atoms with Crippen LogP contribution in [0.15, 0.2) is 36.5 Å². The van der Waals surface area contributed by atoms with Gasteiger partial charge < -0.3 is 0 Å². The first-order valence-electron chi connectivity index (χ1n) is 7.21. The lowest BCUT2D eigenvalue weighted by Gasteiger charge is -2.15. The monoisotopic (exact) mass is 289 g/mol. The minimum Gasteiger partial charge on any atom is -0.278 e. The second kappa shape index (κ2) is 3.82. The van der Waals surface area contributed by atoms with Crippen molar-refractivity contribution in [1.29, 1.82) is 0 Å². The van der Waals surface area contributed by atoms with Gasteiger partial charge in [-0.3, -0.25) is 14.7 Å². The highest BCUT2D eigenvalue weighted by Gasteiger charge is 2.41. The zero-order valence-electron chi connectivity index (χ0n) is 11.6. The van der Waals surface area contributed by atoms with Gasteiger partial charge in [0.25, 0.3) is 11.8 Å². The molecule has 0 radical (unpaired) electrons. The van der Waals surface area contributed by atoms with Gasteiger partial charge in [0.1, 0.15) is 0 Å². The summed E-state index contributed by atoms with van der Waals surface area (Å²) in [5.41, 5.74) is 4.55. The molecule has 106 valence electrons. The highest BCUT2D eigenvalue weighted by Crippen LogP contribution is 2.37. The summed E-state index contributed by atoms with van der Waals surface area (Å²) in [6, 6.07) is 9.37. The fraction of sp³-hybridized carbons (Fsp3) is 0.118. The number of aromatic amines is 1. The number of H-pyrrole nitrogens is 1. The zero-order valence-corrected chi connectivity index (χ0v) is 11.6. The molecule has 5 heteroatoms. The van der Waals surface area contributed by atoms with E-state index in [1.54, 1.807) is 18.3 Å². The average Bonchev–Trinajstić information content (AvgIpc) is 3.12. The molecule has 5 nitrogen and oxygen atoms in total. The van der Waals surface area contributed by atoms with Crippen LogP contribution in [0.2, 0.25) is 0 Å². The van der Waals surface area contributed by atoms with Gasteiger partial charge >= 0.3 is 0 Å². The Morgan fingerprint density at radius 2 is 1.64 bits per heavy atom. The number of aromatic nitrogens is 2. The van der Waals surface area contributed by atoms with Crippen molar-refractivity contribution in [3.8, 4) is 0 Å². The van der Waals surface area contributed by atoms with Crippen LogP contribution < -0.4 is 4.90 Å². The number of hydrogen-bond acceptors (Lipinski definition) is 3. The number of benzene rings is 2. The third-order valence-corrected chi connectivity index (χ3v) is 4.56. The van der Waals surface area contributed by atoms with Gasteiger partial charge in [0.05, 0.1) is 28.5 Å². The van der Waals surface area contributed by atoms with Gasteiger partial charge in [-0.25, -0.2) is 4.90 Å². The summed E-state index contributed by atoms with van der Waals surface area (Å²) in [5, 5.41) is 7.79. The summed E-state index contributed by atoms with van der Waals surface area (Å²) in [5.74, 6) is -0.425. The number of hydrogen-bond donors (Lipinski definition) is 1. The Balaban J connectivity index is 1.71. The number of aryl methyl sites for hydroxylation is 2. The highest BCUT2D eigenvalue weighted by atomic mass is 16.2. The van der Waals surface area contributed by atoms with E-state index in [2.05, 4.69) is 10.2 Å². The number of fused-ring (bicyclic) bond motifs is 3. The summed E-state index contributed by atoms with van der Waals surface area (Å²) >= 11 is 0. The van der Waals surface area contributed by atoms with Crippen LogP contribution in [-0.2, 0) is 12.8 Å². The Hall–Kier alpha value is -2.95. The number of imide groups is 1. The molecular formula is C17H11N3O2. The molecule has 22 heavy (non-hydrogen) atoms. The second-order valence-electron chi connectivity index (χ2n) is 5.72. The van der Waals surface area contributed by atoms with Crippen LogP contribution >= 0.6 is 0 Å². The maximum absolute atomic E-state index is 12.8. The van der Waals surface area contributed by atoms with E-state index in [0.717, 1.165) is 34.9 Å². The molecule has 1 aromatic heterocycles. The smallest absolute Gasteiger partial charge is 0.266 e. The lowest BCUT2D eigenvalue weighted by atomic mass is 9.86. The Morgan fingerprint density at radius 1 is 0.955 bits per heavy atom. The summed E-state index contributed by atoms with van der Waals surface area (Å²) in [4.78, 5) is 26.8. The van der Waals surface area contributed by atoms with E-state index in [9.17, 15) is 9.59 Å². The van der Waals surface area contributed by atoms with Crippen molar-refractivity contribution in [3.05, 3.63) is 58.8 Å². The molecule has 1 aliphatic heterocycles. The number of nitrogens with one attached hydrogen (secondary N) is 1. The number of carbonyl (C=O) groups excluding carboxylic acids is 2. The van der Waals surface area contributed by atoms with E-state index < -0.39 is 0 Å². The van der Waals surface area contributed by atoms with Crippen LogP contribution in [0.4, 0.5) is 5.69 Å². The first-order chi connectivity index (χ1) is 10.7. The average molecular weight is 289 g/mol. The van der Waals surface area contributed by atoms with E-state index >= 15 is 0 Å². The third kappa shape index (κ3) is 1.30. The maximum atomic E-state index is 12.8. The van der Waals surface area contributed by atoms with E-state index in [1.807, 2.05) is 18.2 Å². The normalized spacial score (nSPS) is 15.9. The first-order valence-corrected chi connectivity index (χ1v) is 7.21. The molecule has 2 aliphatic carbocycles. The number of nitrogens with zero attached hydrogens (tertiary/aromatic N) is 2. The first kappa shape index (κ1) is 11.7. The van der Waals surface area contributed by atoms with Crippen molar-refractivity contribution in [2.24, 2.45) is 0 Å². The van der Waals surface area contributed by atoms with Crippen LogP contribution in [0, 0.1) is 0 Å². The minimum atomic E-state index is -0.213. The van der Waals surface area contributed by atoms with Crippen molar-refractivity contribution in [2.75, 3.05) is 4.90 Å². The van der Waals surface area contributed by atoms with Crippen molar-refractivity contribution in [2.45, 2.75) is 12.8 Å². The molecule has 2 heterocycles. The van der Waals surface area contributed by atoms with Gasteiger partial charge in [0.2, 0.25) is 0 Å². The zero-order chi connectivity index (χ0) is 14.8. The largest absolute Gasteiger partial charge is 0.278 e. The molecule has 0 spiro atoms. The van der Waals surface area contributed by atoms with Gasteiger partial charge in [0.15, 0.2) is 0 Å². The predicted molar refractivity (Wildman–Crippen MR) is 81.1 cm³/mol. The van der Waals surface area contributed by atoms with Crippen molar-refractivity contribution < 1.29 is 9.59 Å². The molecule has 0 atom stereocenters. The molecule has 0 saturated carbocycles. The van der Waals surface area contributed by atoms with Gasteiger partial charge in [-0.2, -0.15) is 5.10 Å². The maximum Gasteiger partial charge on any atom is 0.266 e. The van der Waals surface area contributed by atoms with Crippen LogP contribution in [-0.4, -0.2) is 22.0 Å². The summed E-state index contributed by atoms with van der Waals surface area (Å²) in [7, 11) is 0. The van der Waals surface area contributed by atoms with E-state index in [0.29, 0.717) is 16.8 Å². The van der Waals surface area contributed by atoms with Crippen LogP contribution in [0.1, 0.15) is 31.8 Å². The fourth-order valence-electron chi connectivity index (χ4n) is 3.48. The molecule has 0 saturated heterocycles. The Bertz CT molecular complexity index is 944. The molecule has 2 bridgehead atoms.